The molecule has 17 heavy (non-hydrogen) atoms. The number of nitrogens with two attached hydrogens (primary N) is 2. The Labute approximate surface area is 102 Å². The van der Waals surface area contributed by atoms with Gasteiger partial charge in [0.05, 0.1) is 5.56 Å². The molecular weight excluding hydrogens is 238 g/mol. The summed E-state index contributed by atoms with van der Waals surface area (Å²) in [6, 6.07) is 4.74. The van der Waals surface area contributed by atoms with Gasteiger partial charge < -0.3 is 16.2 Å². The van der Waals surface area contributed by atoms with Crippen LogP contribution >= 0.6 is 11.3 Å². The first kappa shape index (κ1) is 11.4. The highest BCUT2D eigenvalue weighted by atomic mass is 32.1. The Morgan fingerprint density at radius 2 is 2.29 bits per heavy atom. The highest BCUT2D eigenvalue weighted by molar-refractivity contribution is 7.09. The van der Waals surface area contributed by atoms with Crippen LogP contribution in [0.1, 0.15) is 15.4 Å². The number of anilines is 1. The molecule has 1 aromatic heterocycles. The number of ether oxygens (including phenoxy) is 1. The molecule has 0 saturated carbocycles. The van der Waals surface area contributed by atoms with Crippen molar-refractivity contribution in [3.8, 4) is 5.75 Å². The second-order valence-corrected chi connectivity index (χ2v) is 4.31. The zero-order valence-corrected chi connectivity index (χ0v) is 9.74. The van der Waals surface area contributed by atoms with E-state index < -0.39 is 5.91 Å². The summed E-state index contributed by atoms with van der Waals surface area (Å²) in [6.07, 6.45) is 1.69. The molecule has 0 aliphatic heterocycles. The van der Waals surface area contributed by atoms with Gasteiger partial charge in [-0.3, -0.25) is 4.79 Å². The average molecular weight is 249 g/mol. The molecule has 0 aliphatic carbocycles. The molecule has 0 atom stereocenters. The van der Waals surface area contributed by atoms with E-state index in [1.54, 1.807) is 24.4 Å². The summed E-state index contributed by atoms with van der Waals surface area (Å²) in [5, 5.41) is 2.68. The van der Waals surface area contributed by atoms with Crippen LogP contribution in [0.2, 0.25) is 0 Å². The Morgan fingerprint density at radius 3 is 2.94 bits per heavy atom. The fourth-order valence-corrected chi connectivity index (χ4v) is 1.85. The molecule has 2 rings (SSSR count). The van der Waals surface area contributed by atoms with Crippen LogP contribution in [0.5, 0.6) is 5.75 Å². The molecule has 4 N–H and O–H groups in total. The minimum Gasteiger partial charge on any atom is -0.486 e. The molecule has 1 heterocycles. The zero-order chi connectivity index (χ0) is 12.3. The monoisotopic (exact) mass is 249 g/mol. The first-order valence-corrected chi connectivity index (χ1v) is 5.75. The maximum absolute atomic E-state index is 11.2. The van der Waals surface area contributed by atoms with Crippen LogP contribution in [-0.4, -0.2) is 10.9 Å². The molecule has 0 saturated heterocycles. The maximum Gasteiger partial charge on any atom is 0.252 e. The molecule has 1 amide bonds. The lowest BCUT2D eigenvalue weighted by atomic mass is 10.2. The first-order valence-electron chi connectivity index (χ1n) is 4.87. The summed E-state index contributed by atoms with van der Waals surface area (Å²) in [4.78, 5) is 15.3. The lowest BCUT2D eigenvalue weighted by Gasteiger charge is -2.08. The predicted octanol–water partition coefficient (Wildman–Crippen LogP) is 1.40. The predicted molar refractivity (Wildman–Crippen MR) is 65.8 cm³/mol. The van der Waals surface area contributed by atoms with Crippen molar-refractivity contribution in [2.45, 2.75) is 6.61 Å². The molecule has 5 nitrogen and oxygen atoms in total. The molecule has 0 unspecified atom stereocenters. The van der Waals surface area contributed by atoms with E-state index in [9.17, 15) is 4.79 Å². The quantitative estimate of drug-likeness (QED) is 0.801. The number of hydrogen-bond donors (Lipinski definition) is 2. The third kappa shape index (κ3) is 2.73. The van der Waals surface area contributed by atoms with Crippen molar-refractivity contribution in [1.29, 1.82) is 0 Å². The van der Waals surface area contributed by atoms with E-state index in [1.165, 1.54) is 11.3 Å². The fourth-order valence-electron chi connectivity index (χ4n) is 1.33. The van der Waals surface area contributed by atoms with Crippen LogP contribution in [0, 0.1) is 0 Å². The van der Waals surface area contributed by atoms with E-state index in [4.69, 9.17) is 16.2 Å². The Balaban J connectivity index is 2.19. The van der Waals surface area contributed by atoms with Crippen LogP contribution in [0.25, 0.3) is 0 Å². The number of primary amides is 1. The highest BCUT2D eigenvalue weighted by Crippen LogP contribution is 2.22. The molecule has 6 heteroatoms. The SMILES string of the molecule is NC(=O)c1ccc(N)cc1OCc1nccs1. The van der Waals surface area contributed by atoms with E-state index in [2.05, 4.69) is 4.98 Å². The topological polar surface area (TPSA) is 91.2 Å². The van der Waals surface area contributed by atoms with Gasteiger partial charge in [-0.25, -0.2) is 4.98 Å². The Morgan fingerprint density at radius 1 is 1.47 bits per heavy atom. The third-order valence-electron chi connectivity index (χ3n) is 2.11. The second kappa shape index (κ2) is 4.84. The summed E-state index contributed by atoms with van der Waals surface area (Å²) in [7, 11) is 0. The van der Waals surface area contributed by atoms with Crippen LogP contribution in [0.15, 0.2) is 29.8 Å². The molecule has 0 fully saturated rings. The Bertz CT molecular complexity index is 526. The van der Waals surface area contributed by atoms with E-state index in [1.807, 2.05) is 5.38 Å². The van der Waals surface area contributed by atoms with Crippen LogP contribution in [0.3, 0.4) is 0 Å². The number of nitrogen functional groups attached to an aromatic ring is 1. The number of hydrogen-bond acceptors (Lipinski definition) is 5. The van der Waals surface area contributed by atoms with E-state index in [0.717, 1.165) is 5.01 Å². The summed E-state index contributed by atoms with van der Waals surface area (Å²) in [6.45, 7) is 0.293. The highest BCUT2D eigenvalue weighted by Gasteiger charge is 2.10. The van der Waals surface area contributed by atoms with E-state index in [0.29, 0.717) is 23.6 Å². The third-order valence-corrected chi connectivity index (χ3v) is 2.86. The number of nitrogens with zero attached hydrogens (tertiary/aromatic N) is 1. The second-order valence-electron chi connectivity index (χ2n) is 3.33. The van der Waals surface area contributed by atoms with E-state index >= 15 is 0 Å². The van der Waals surface area contributed by atoms with Crippen LogP contribution in [0.4, 0.5) is 5.69 Å². The van der Waals surface area contributed by atoms with Gasteiger partial charge in [0, 0.05) is 23.3 Å². The van der Waals surface area contributed by atoms with Gasteiger partial charge in [0.2, 0.25) is 0 Å². The molecule has 1 aromatic carbocycles. The first-order chi connectivity index (χ1) is 8.16. The summed E-state index contributed by atoms with van der Waals surface area (Å²) in [5.74, 6) is -0.160. The number of amides is 1. The molecule has 0 aliphatic rings. The molecule has 2 aromatic rings. The van der Waals surface area contributed by atoms with Gasteiger partial charge in [0.1, 0.15) is 17.4 Å². The van der Waals surface area contributed by atoms with Crippen molar-refractivity contribution in [3.05, 3.63) is 40.3 Å². The lowest BCUT2D eigenvalue weighted by Crippen LogP contribution is -2.13. The smallest absolute Gasteiger partial charge is 0.252 e. The van der Waals surface area contributed by atoms with E-state index in [-0.39, 0.29) is 0 Å². The Hall–Kier alpha value is -2.08. The van der Waals surface area contributed by atoms with Gasteiger partial charge in [0.25, 0.3) is 5.91 Å². The standard InChI is InChI=1S/C11H11N3O2S/c12-7-1-2-8(11(13)15)9(5-7)16-6-10-14-3-4-17-10/h1-5H,6,12H2,(H2,13,15). The minimum absolute atomic E-state index is 0.293. The van der Waals surface area contributed by atoms with Crippen molar-refractivity contribution in [3.63, 3.8) is 0 Å². The number of rotatable bonds is 4. The van der Waals surface area contributed by atoms with Gasteiger partial charge >= 0.3 is 0 Å². The van der Waals surface area contributed by atoms with Crippen molar-refractivity contribution in [1.82, 2.24) is 4.98 Å². The molecule has 0 radical (unpaired) electrons. The van der Waals surface area contributed by atoms with Gasteiger partial charge in [-0.2, -0.15) is 0 Å². The van der Waals surface area contributed by atoms with Crippen LogP contribution < -0.4 is 16.2 Å². The van der Waals surface area contributed by atoms with Crippen molar-refractivity contribution in [2.75, 3.05) is 5.73 Å². The molecule has 88 valence electrons. The van der Waals surface area contributed by atoms with Crippen molar-refractivity contribution < 1.29 is 9.53 Å². The van der Waals surface area contributed by atoms with Crippen LogP contribution in [-0.2, 0) is 6.61 Å². The average Bonchev–Trinajstić information content (AvgIpc) is 2.78. The number of carbonyl (C=O) groups is 1. The summed E-state index contributed by atoms with van der Waals surface area (Å²) in [5.41, 5.74) is 11.7. The van der Waals surface area contributed by atoms with Gasteiger partial charge in [-0.1, -0.05) is 0 Å². The summed E-state index contributed by atoms with van der Waals surface area (Å²) < 4.78 is 5.49. The van der Waals surface area contributed by atoms with Crippen molar-refractivity contribution in [2.24, 2.45) is 5.73 Å². The number of carbonyl (C=O) groups excluding carboxylic acids is 1. The summed E-state index contributed by atoms with van der Waals surface area (Å²) >= 11 is 1.48. The minimum atomic E-state index is -0.542. The van der Waals surface area contributed by atoms with Gasteiger partial charge in [0.15, 0.2) is 0 Å². The maximum atomic E-state index is 11.2. The molecule has 0 spiro atoms. The lowest BCUT2D eigenvalue weighted by molar-refractivity contribution is 0.0996. The molecular formula is C11H11N3O2S. The van der Waals surface area contributed by atoms with Gasteiger partial charge in [-0.15, -0.1) is 11.3 Å². The normalized spacial score (nSPS) is 10.1. The Kier molecular flexibility index (Phi) is 3.24. The van der Waals surface area contributed by atoms with Gasteiger partial charge in [-0.05, 0) is 12.1 Å². The molecule has 0 bridgehead atoms. The number of benzene rings is 1. The number of aromatic nitrogens is 1. The van der Waals surface area contributed by atoms with Crippen molar-refractivity contribution >= 4 is 22.9 Å². The largest absolute Gasteiger partial charge is 0.486 e. The zero-order valence-electron chi connectivity index (χ0n) is 8.92. The number of thiazole rings is 1. The fraction of sp³-hybridized carbons (Fsp3) is 0.0909.